The Labute approximate surface area is 203 Å². The number of nitrogens with zero attached hydrogens (tertiary/aromatic N) is 2. The second kappa shape index (κ2) is 10.3. The molecule has 4 rings (SSSR count). The maximum atomic E-state index is 13.1. The fourth-order valence-corrected chi connectivity index (χ4v) is 4.45. The molecule has 0 unspecified atom stereocenters. The predicted octanol–water partition coefficient (Wildman–Crippen LogP) is 3.55. The highest BCUT2D eigenvalue weighted by Gasteiger charge is 2.21. The Morgan fingerprint density at radius 2 is 1.74 bits per heavy atom. The molecule has 2 aromatic carbocycles. The minimum atomic E-state index is -0.534. The molecule has 0 radical (unpaired) electrons. The fraction of sp³-hybridized carbons (Fsp3) is 0.160. The Hall–Kier alpha value is -4.31. The van der Waals surface area contributed by atoms with E-state index in [0.29, 0.717) is 26.5 Å². The maximum Gasteiger partial charge on any atom is 0.349 e. The lowest BCUT2D eigenvalue weighted by atomic mass is 10.2. The molecule has 9 nitrogen and oxygen atoms in total. The highest BCUT2D eigenvalue weighted by molar-refractivity contribution is 7.20. The molecule has 0 spiro atoms. The van der Waals surface area contributed by atoms with Crippen molar-refractivity contribution in [1.29, 1.82) is 0 Å². The summed E-state index contributed by atoms with van der Waals surface area (Å²) in [5.74, 6) is -1.47. The van der Waals surface area contributed by atoms with Gasteiger partial charge in [-0.25, -0.2) is 14.6 Å². The van der Waals surface area contributed by atoms with Crippen molar-refractivity contribution < 1.29 is 23.9 Å². The van der Waals surface area contributed by atoms with Crippen LogP contribution >= 0.6 is 11.3 Å². The standard InChI is InChI=1S/C25H21N3O6S/c1-15-20-22(35-21(15)25(32)34-13-16-6-4-3-5-7-16)26-14-28(23(20)30)12-19(29)27-18-10-8-17(9-11-18)24(31)33-2/h3-11,14H,12-13H2,1-2H3,(H,27,29). The third-order valence-electron chi connectivity index (χ3n) is 5.22. The van der Waals surface area contributed by atoms with E-state index in [1.807, 2.05) is 30.3 Å². The SMILES string of the molecule is COC(=O)c1ccc(NC(=O)Cn2cnc3sc(C(=O)OCc4ccccc4)c(C)c3c2=O)cc1. The van der Waals surface area contributed by atoms with Crippen LogP contribution in [0, 0.1) is 6.92 Å². The number of carbonyl (C=O) groups is 3. The van der Waals surface area contributed by atoms with Gasteiger partial charge in [0.25, 0.3) is 5.56 Å². The first-order chi connectivity index (χ1) is 16.9. The van der Waals surface area contributed by atoms with Gasteiger partial charge in [-0.05, 0) is 42.3 Å². The average Bonchev–Trinajstić information content (AvgIpc) is 3.22. The number of nitrogens with one attached hydrogen (secondary N) is 1. The average molecular weight is 492 g/mol. The van der Waals surface area contributed by atoms with E-state index in [1.54, 1.807) is 19.1 Å². The van der Waals surface area contributed by atoms with Crippen molar-refractivity contribution in [2.75, 3.05) is 12.4 Å². The van der Waals surface area contributed by atoms with E-state index in [-0.39, 0.29) is 18.5 Å². The van der Waals surface area contributed by atoms with E-state index in [4.69, 9.17) is 4.74 Å². The molecule has 0 fully saturated rings. The van der Waals surface area contributed by atoms with E-state index in [1.165, 1.54) is 30.1 Å². The first kappa shape index (κ1) is 23.8. The van der Waals surface area contributed by atoms with Gasteiger partial charge in [-0.1, -0.05) is 30.3 Å². The Morgan fingerprint density at radius 1 is 1.03 bits per heavy atom. The summed E-state index contributed by atoms with van der Waals surface area (Å²) in [6.45, 7) is 1.50. The fourth-order valence-electron chi connectivity index (χ4n) is 3.42. The van der Waals surface area contributed by atoms with Crippen LogP contribution in [-0.4, -0.2) is 34.5 Å². The lowest BCUT2D eigenvalue weighted by Crippen LogP contribution is -2.27. The van der Waals surface area contributed by atoms with Crippen LogP contribution < -0.4 is 10.9 Å². The van der Waals surface area contributed by atoms with Crippen molar-refractivity contribution in [3.05, 3.63) is 92.8 Å². The normalized spacial score (nSPS) is 10.7. The summed E-state index contributed by atoms with van der Waals surface area (Å²) >= 11 is 1.08. The molecule has 35 heavy (non-hydrogen) atoms. The van der Waals surface area contributed by atoms with Gasteiger partial charge in [0, 0.05) is 5.69 Å². The number of aryl methyl sites for hydroxylation is 1. The van der Waals surface area contributed by atoms with Gasteiger partial charge < -0.3 is 14.8 Å². The second-order valence-corrected chi connectivity index (χ2v) is 8.59. The number of rotatable bonds is 7. The number of amides is 1. The molecular formula is C25H21N3O6S. The quantitative estimate of drug-likeness (QED) is 0.393. The largest absolute Gasteiger partial charge is 0.465 e. The van der Waals surface area contributed by atoms with Gasteiger partial charge in [0.15, 0.2) is 0 Å². The summed E-state index contributed by atoms with van der Waals surface area (Å²) < 4.78 is 11.2. The first-order valence-electron chi connectivity index (χ1n) is 10.5. The molecule has 0 saturated carbocycles. The minimum Gasteiger partial charge on any atom is -0.465 e. The summed E-state index contributed by atoms with van der Waals surface area (Å²) in [6.07, 6.45) is 1.28. The number of hydrogen-bond acceptors (Lipinski definition) is 8. The van der Waals surface area contributed by atoms with Crippen LogP contribution in [0.25, 0.3) is 10.2 Å². The molecule has 4 aromatic rings. The van der Waals surface area contributed by atoms with Crippen LogP contribution in [0.4, 0.5) is 5.69 Å². The highest BCUT2D eigenvalue weighted by atomic mass is 32.1. The van der Waals surface area contributed by atoms with Crippen LogP contribution in [0.3, 0.4) is 0 Å². The summed E-state index contributed by atoms with van der Waals surface area (Å²) in [7, 11) is 1.28. The van der Waals surface area contributed by atoms with E-state index in [9.17, 15) is 19.2 Å². The first-order valence-corrected chi connectivity index (χ1v) is 11.4. The zero-order valence-corrected chi connectivity index (χ0v) is 19.8. The number of thiophene rings is 1. The van der Waals surface area contributed by atoms with Gasteiger partial charge in [-0.15, -0.1) is 11.3 Å². The molecule has 0 aliphatic heterocycles. The number of hydrogen-bond donors (Lipinski definition) is 1. The van der Waals surface area contributed by atoms with Gasteiger partial charge in [0.1, 0.15) is 22.9 Å². The third kappa shape index (κ3) is 5.28. The molecule has 0 aliphatic carbocycles. The zero-order chi connectivity index (χ0) is 24.9. The molecule has 10 heteroatoms. The number of carbonyl (C=O) groups excluding carboxylic acids is 3. The Balaban J connectivity index is 1.48. The number of fused-ring (bicyclic) bond motifs is 1. The van der Waals surface area contributed by atoms with Crippen LogP contribution in [0.1, 0.15) is 31.2 Å². The molecule has 1 N–H and O–H groups in total. The highest BCUT2D eigenvalue weighted by Crippen LogP contribution is 2.27. The number of esters is 2. The monoisotopic (exact) mass is 491 g/mol. The Morgan fingerprint density at radius 3 is 2.43 bits per heavy atom. The number of methoxy groups -OCH3 is 1. The van der Waals surface area contributed by atoms with Crippen molar-refractivity contribution in [3.63, 3.8) is 0 Å². The maximum absolute atomic E-state index is 13.1. The van der Waals surface area contributed by atoms with Crippen LogP contribution in [0.5, 0.6) is 0 Å². The predicted molar refractivity (Wildman–Crippen MR) is 131 cm³/mol. The van der Waals surface area contributed by atoms with Crippen LogP contribution in [0.15, 0.2) is 65.7 Å². The summed E-state index contributed by atoms with van der Waals surface area (Å²) in [4.78, 5) is 54.7. The molecule has 178 valence electrons. The third-order valence-corrected chi connectivity index (χ3v) is 6.40. The minimum absolute atomic E-state index is 0.117. The number of benzene rings is 2. The van der Waals surface area contributed by atoms with Crippen molar-refractivity contribution in [1.82, 2.24) is 9.55 Å². The Kier molecular flexibility index (Phi) is 7.02. The summed E-state index contributed by atoms with van der Waals surface area (Å²) in [5.41, 5.74) is 1.70. The van der Waals surface area contributed by atoms with Gasteiger partial charge in [-0.2, -0.15) is 0 Å². The van der Waals surface area contributed by atoms with Gasteiger partial charge in [-0.3, -0.25) is 14.2 Å². The number of aromatic nitrogens is 2. The summed E-state index contributed by atoms with van der Waals surface area (Å²) in [5, 5.41) is 2.95. The van der Waals surface area contributed by atoms with Gasteiger partial charge >= 0.3 is 11.9 Å². The molecule has 0 bridgehead atoms. The van der Waals surface area contributed by atoms with Crippen molar-refractivity contribution in [2.45, 2.75) is 20.1 Å². The van der Waals surface area contributed by atoms with Crippen LogP contribution in [-0.2, 0) is 27.4 Å². The molecular weight excluding hydrogens is 470 g/mol. The summed E-state index contributed by atoms with van der Waals surface area (Å²) in [6, 6.07) is 15.5. The van der Waals surface area contributed by atoms with Crippen LogP contribution in [0.2, 0.25) is 0 Å². The number of ether oxygens (including phenoxy) is 2. The molecule has 1 amide bonds. The van der Waals surface area contributed by atoms with Crippen molar-refractivity contribution in [3.8, 4) is 0 Å². The second-order valence-electron chi connectivity index (χ2n) is 7.59. The molecule has 2 aromatic heterocycles. The molecule has 2 heterocycles. The van der Waals surface area contributed by atoms with Gasteiger partial charge in [0.2, 0.25) is 5.91 Å². The number of anilines is 1. The van der Waals surface area contributed by atoms with E-state index in [0.717, 1.165) is 16.9 Å². The molecule has 0 atom stereocenters. The molecule has 0 aliphatic rings. The zero-order valence-electron chi connectivity index (χ0n) is 18.9. The topological polar surface area (TPSA) is 117 Å². The molecule has 0 saturated heterocycles. The van der Waals surface area contributed by atoms with E-state index in [2.05, 4.69) is 15.0 Å². The lowest BCUT2D eigenvalue weighted by molar-refractivity contribution is -0.116. The smallest absolute Gasteiger partial charge is 0.349 e. The van der Waals surface area contributed by atoms with Crippen molar-refractivity contribution >= 4 is 45.1 Å². The Bertz CT molecular complexity index is 1460. The van der Waals surface area contributed by atoms with E-state index >= 15 is 0 Å². The lowest BCUT2D eigenvalue weighted by Gasteiger charge is -2.08. The van der Waals surface area contributed by atoms with Crippen molar-refractivity contribution in [2.24, 2.45) is 0 Å². The van der Waals surface area contributed by atoms with E-state index < -0.39 is 23.4 Å². The van der Waals surface area contributed by atoms with Gasteiger partial charge in [0.05, 0.1) is 24.4 Å².